The molecule has 0 radical (unpaired) electrons. The molecule has 96 heavy (non-hydrogen) atoms. The van der Waals surface area contributed by atoms with Crippen molar-refractivity contribution in [3.8, 4) is 0 Å². The molecule has 5 nitrogen and oxygen atoms in total. The van der Waals surface area contributed by atoms with Gasteiger partial charge in [-0.3, -0.25) is 9.59 Å². The Morgan fingerprint density at radius 1 is 0.250 bits per heavy atom. The van der Waals surface area contributed by atoms with Gasteiger partial charge in [-0.05, 0) is 116 Å². The predicted molar refractivity (Wildman–Crippen MR) is 426 cm³/mol. The number of aliphatic hydroxyl groups is 1. The fourth-order valence-corrected chi connectivity index (χ4v) is 12.2. The van der Waals surface area contributed by atoms with Crippen LogP contribution in [0.3, 0.4) is 0 Å². The minimum atomic E-state index is -0.780. The summed E-state index contributed by atoms with van der Waals surface area (Å²) < 4.78 is 10.8. The number of aliphatic hydroxyl groups excluding tert-OH is 1. The normalized spacial score (nSPS) is 12.9. The lowest BCUT2D eigenvalue weighted by Gasteiger charge is -2.15. The van der Waals surface area contributed by atoms with Gasteiger partial charge < -0.3 is 14.6 Å². The van der Waals surface area contributed by atoms with E-state index in [1.165, 1.54) is 283 Å². The molecule has 0 aromatic heterocycles. The van der Waals surface area contributed by atoms with Crippen LogP contribution in [0.15, 0.2) is 134 Å². The second-order valence-corrected chi connectivity index (χ2v) is 27.8. The predicted octanol–water partition coefficient (Wildman–Crippen LogP) is 29.8. The Bertz CT molecular complexity index is 1900. The summed E-state index contributed by atoms with van der Waals surface area (Å²) in [5.41, 5.74) is 0. The van der Waals surface area contributed by atoms with Gasteiger partial charge in [-0.15, -0.1) is 0 Å². The van der Waals surface area contributed by atoms with E-state index in [-0.39, 0.29) is 25.2 Å². The van der Waals surface area contributed by atoms with Gasteiger partial charge in [0.1, 0.15) is 6.61 Å². The zero-order valence-corrected chi connectivity index (χ0v) is 63.6. The maximum atomic E-state index is 12.4. The van der Waals surface area contributed by atoms with E-state index in [4.69, 9.17) is 9.47 Å². The molecule has 0 aliphatic rings. The molecule has 1 unspecified atom stereocenters. The van der Waals surface area contributed by atoms with Crippen molar-refractivity contribution in [1.29, 1.82) is 0 Å². The lowest BCUT2D eigenvalue weighted by Crippen LogP contribution is -2.28. The van der Waals surface area contributed by atoms with E-state index in [0.717, 1.165) is 103 Å². The van der Waals surface area contributed by atoms with Crippen molar-refractivity contribution in [2.24, 2.45) is 0 Å². The average molecular weight is 1330 g/mol. The number of unbranched alkanes of at least 4 members (excludes halogenated alkanes) is 47. The summed E-state index contributed by atoms with van der Waals surface area (Å²) in [6.07, 6.45) is 127. The first-order valence-corrected chi connectivity index (χ1v) is 41.7. The van der Waals surface area contributed by atoms with Gasteiger partial charge in [-0.25, -0.2) is 0 Å². The molecular weight excluding hydrogens is 1170 g/mol. The van der Waals surface area contributed by atoms with Crippen LogP contribution in [-0.4, -0.2) is 36.4 Å². The third-order valence-corrected chi connectivity index (χ3v) is 18.4. The van der Waals surface area contributed by atoms with Crippen molar-refractivity contribution in [3.63, 3.8) is 0 Å². The molecule has 552 valence electrons. The quantitative estimate of drug-likeness (QED) is 0.0373. The van der Waals surface area contributed by atoms with Crippen molar-refractivity contribution in [2.45, 2.75) is 418 Å². The summed E-state index contributed by atoms with van der Waals surface area (Å²) >= 11 is 0. The van der Waals surface area contributed by atoms with E-state index in [0.29, 0.717) is 12.8 Å². The van der Waals surface area contributed by atoms with Crippen molar-refractivity contribution >= 4 is 11.9 Å². The summed E-state index contributed by atoms with van der Waals surface area (Å²) in [5.74, 6) is -0.578. The van der Waals surface area contributed by atoms with Gasteiger partial charge in [0.25, 0.3) is 0 Å². The number of carbonyl (C=O) groups excluding carboxylic acids is 2. The summed E-state index contributed by atoms with van der Waals surface area (Å²) in [7, 11) is 0. The van der Waals surface area contributed by atoms with Gasteiger partial charge in [0.2, 0.25) is 0 Å². The third-order valence-electron chi connectivity index (χ3n) is 18.4. The lowest BCUT2D eigenvalue weighted by atomic mass is 10.0. The Labute approximate surface area is 597 Å². The van der Waals surface area contributed by atoms with Crippen LogP contribution in [0.5, 0.6) is 0 Å². The zero-order valence-electron chi connectivity index (χ0n) is 63.6. The Balaban J connectivity index is 3.44. The number of ether oxygens (including phenoxy) is 2. The molecule has 5 heteroatoms. The van der Waals surface area contributed by atoms with Crippen LogP contribution in [0.1, 0.15) is 412 Å². The van der Waals surface area contributed by atoms with Crippen LogP contribution >= 0.6 is 0 Å². The van der Waals surface area contributed by atoms with Crippen LogP contribution < -0.4 is 0 Å². The molecule has 0 saturated carbocycles. The summed E-state index contributed by atoms with van der Waals surface area (Å²) in [4.78, 5) is 24.7. The topological polar surface area (TPSA) is 72.8 Å². The Morgan fingerprint density at radius 3 is 0.677 bits per heavy atom. The number of allylic oxidation sites excluding steroid dienone is 22. The Hall–Kier alpha value is -3.96. The van der Waals surface area contributed by atoms with Gasteiger partial charge in [0, 0.05) is 12.8 Å². The summed E-state index contributed by atoms with van der Waals surface area (Å²) in [5, 5.41) is 9.74. The molecule has 0 saturated heterocycles. The molecule has 0 spiro atoms. The van der Waals surface area contributed by atoms with Gasteiger partial charge in [0.15, 0.2) is 6.10 Å². The van der Waals surface area contributed by atoms with E-state index in [1.807, 2.05) is 0 Å². The zero-order chi connectivity index (χ0) is 69.0. The van der Waals surface area contributed by atoms with E-state index >= 15 is 0 Å². The van der Waals surface area contributed by atoms with Crippen LogP contribution in [0.2, 0.25) is 0 Å². The smallest absolute Gasteiger partial charge is 0.306 e. The second-order valence-electron chi connectivity index (χ2n) is 27.8. The van der Waals surface area contributed by atoms with Crippen LogP contribution in [-0.2, 0) is 19.1 Å². The maximum absolute atomic E-state index is 12.4. The largest absolute Gasteiger partial charge is 0.462 e. The summed E-state index contributed by atoms with van der Waals surface area (Å²) in [6, 6.07) is 0. The Morgan fingerprint density at radius 2 is 0.448 bits per heavy atom. The molecule has 0 bridgehead atoms. The van der Waals surface area contributed by atoms with Gasteiger partial charge in [0.05, 0.1) is 6.61 Å². The maximum Gasteiger partial charge on any atom is 0.306 e. The van der Waals surface area contributed by atoms with E-state index < -0.39 is 6.10 Å². The fraction of sp³-hybridized carbons (Fsp3) is 0.736. The molecule has 0 aromatic carbocycles. The highest BCUT2D eigenvalue weighted by atomic mass is 16.6. The molecule has 0 amide bonds. The van der Waals surface area contributed by atoms with Crippen molar-refractivity contribution in [2.75, 3.05) is 13.2 Å². The summed E-state index contributed by atoms with van der Waals surface area (Å²) in [6.45, 7) is 4.05. The fourth-order valence-electron chi connectivity index (χ4n) is 12.2. The number of carbonyl (C=O) groups is 2. The van der Waals surface area contributed by atoms with Crippen molar-refractivity contribution in [1.82, 2.24) is 0 Å². The third kappa shape index (κ3) is 82.5. The van der Waals surface area contributed by atoms with Gasteiger partial charge >= 0.3 is 11.9 Å². The highest BCUT2D eigenvalue weighted by Crippen LogP contribution is 2.19. The highest BCUT2D eigenvalue weighted by molar-refractivity contribution is 5.70. The molecule has 0 fully saturated rings. The van der Waals surface area contributed by atoms with Crippen molar-refractivity contribution < 1.29 is 24.2 Å². The van der Waals surface area contributed by atoms with Crippen LogP contribution in [0, 0.1) is 0 Å². The molecule has 0 rings (SSSR count). The molecule has 0 aliphatic heterocycles. The first-order chi connectivity index (χ1) is 47.6. The molecule has 0 heterocycles. The van der Waals surface area contributed by atoms with Crippen LogP contribution in [0.25, 0.3) is 0 Å². The van der Waals surface area contributed by atoms with E-state index in [1.54, 1.807) is 0 Å². The number of rotatable bonds is 77. The molecule has 1 atom stereocenters. The van der Waals surface area contributed by atoms with E-state index in [9.17, 15) is 14.7 Å². The molecule has 0 aromatic rings. The monoisotopic (exact) mass is 1330 g/mol. The number of hydrogen-bond donors (Lipinski definition) is 1. The Kier molecular flexibility index (Phi) is 81.7. The SMILES string of the molecule is CC/C=C\C/C=C\C/C=C\C/C=C\C/C=C\C/C=C\C/C=C\C/C=C\C/C=C\CCCCCCCCCCCCCCCC(=O)OC(CO)COC(=O)CCCCCCCCCCCCCCCCCCCCCCCCCCCCCCC/C=C\C/C=C\CCCCCCC. The molecule has 0 aliphatic carbocycles. The molecule has 1 N–H and O–H groups in total. The van der Waals surface area contributed by atoms with Gasteiger partial charge in [-0.1, -0.05) is 417 Å². The number of esters is 2. The number of hydrogen-bond acceptors (Lipinski definition) is 5. The first kappa shape index (κ1) is 92.0. The standard InChI is InChI=1S/C91H158O5/c1-3-5-7-9-11-13-15-17-19-21-23-25-27-29-31-33-35-37-39-41-43-45-47-49-51-53-55-57-59-61-63-65-67-69-71-73-75-77-79-81-83-85-90(93)95-88-89(87-92)96-91(94)86-84-82-80-78-76-74-72-70-68-66-64-62-60-58-56-54-52-50-48-46-44-42-40-38-36-34-32-30-28-26-24-22-20-18-16-14-12-10-8-6-4-2/h6,8,12,14-15,17-18,20-21,23-24,26,30,32,36,38,42,44,48,50,54,56,89,92H,3-5,7,9-11,13,16,19,22,25,27-29,31,33-35,37,39-41,43,45-47,49,51-53,55,57-88H2,1-2H3/b8-6-,14-12-,17-15-,20-18-,23-21-,26-24-,32-30-,38-36-,44-42-,50-48-,56-54-. The van der Waals surface area contributed by atoms with Gasteiger partial charge in [-0.2, -0.15) is 0 Å². The first-order valence-electron chi connectivity index (χ1n) is 41.7. The minimum absolute atomic E-state index is 0.0667. The lowest BCUT2D eigenvalue weighted by molar-refractivity contribution is -0.161. The van der Waals surface area contributed by atoms with Crippen molar-refractivity contribution in [3.05, 3.63) is 134 Å². The van der Waals surface area contributed by atoms with E-state index in [2.05, 4.69) is 148 Å². The van der Waals surface area contributed by atoms with Crippen LogP contribution in [0.4, 0.5) is 0 Å². The average Bonchev–Trinajstić information content (AvgIpc) is 3.79. The molecular formula is C91H158O5. The highest BCUT2D eigenvalue weighted by Gasteiger charge is 2.16. The minimum Gasteiger partial charge on any atom is -0.462 e. The second kappa shape index (κ2) is 85.3.